The maximum atomic E-state index is 13.4. The fourth-order valence-electron chi connectivity index (χ4n) is 4.10. The molecule has 0 atom stereocenters. The molecular weight excluding hydrogens is 479 g/mol. The number of ether oxygens (including phenoxy) is 1. The molecule has 0 unspecified atom stereocenters. The van der Waals surface area contributed by atoms with Crippen molar-refractivity contribution in [2.24, 2.45) is 0 Å². The molecule has 38 heavy (non-hydrogen) atoms. The number of nitrogen functional groups attached to an aromatic ring is 1. The molecule has 0 saturated heterocycles. The predicted molar refractivity (Wildman–Crippen MR) is 147 cm³/mol. The Bertz CT molecular complexity index is 1520. The minimum Gasteiger partial charge on any atom is -0.488 e. The van der Waals surface area contributed by atoms with Gasteiger partial charge in [0.1, 0.15) is 47.4 Å². The van der Waals surface area contributed by atoms with Crippen LogP contribution in [0.15, 0.2) is 72.8 Å². The fraction of sp³-hybridized carbons (Fsp3) is 0.167. The van der Waals surface area contributed by atoms with E-state index in [0.29, 0.717) is 17.0 Å². The zero-order chi connectivity index (χ0) is 27.1. The van der Waals surface area contributed by atoms with Crippen LogP contribution in [0.5, 0.6) is 5.75 Å². The third-order valence-corrected chi connectivity index (χ3v) is 6.14. The number of nitrogens with two attached hydrogens (primary N) is 1. The third kappa shape index (κ3) is 5.50. The van der Waals surface area contributed by atoms with E-state index in [0.717, 1.165) is 24.3 Å². The van der Waals surface area contributed by atoms with Crippen molar-refractivity contribution in [3.05, 3.63) is 101 Å². The van der Waals surface area contributed by atoms with Crippen molar-refractivity contribution in [2.45, 2.75) is 20.5 Å². The van der Waals surface area contributed by atoms with Gasteiger partial charge in [-0.2, -0.15) is 15.6 Å². The molecule has 0 aliphatic carbocycles. The normalized spacial score (nSPS) is 11.0. The van der Waals surface area contributed by atoms with Crippen LogP contribution in [-0.2, 0) is 6.61 Å². The van der Waals surface area contributed by atoms with Crippen molar-refractivity contribution in [1.82, 2.24) is 9.78 Å². The summed E-state index contributed by atoms with van der Waals surface area (Å²) >= 11 is 0. The minimum absolute atomic E-state index is 0.121. The lowest BCUT2D eigenvalue weighted by Gasteiger charge is -2.22. The SMILES string of the molecule is CCN(CC)c1ccc(/C=C(\C#N)c2nn(-c3ccccc3)c(N)c2C#N)c(OCc2ccc(F)cc2)c1. The second kappa shape index (κ2) is 11.8. The average Bonchev–Trinajstić information content (AvgIpc) is 3.29. The minimum atomic E-state index is -0.318. The molecule has 2 N–H and O–H groups in total. The van der Waals surface area contributed by atoms with E-state index in [9.17, 15) is 14.9 Å². The third-order valence-electron chi connectivity index (χ3n) is 6.14. The van der Waals surface area contributed by atoms with Crippen molar-refractivity contribution in [2.75, 3.05) is 23.7 Å². The summed E-state index contributed by atoms with van der Waals surface area (Å²) in [6.45, 7) is 5.98. The standard InChI is InChI=1S/C30H27FN6O/c1-3-36(4-2)26-15-12-22(28(17-26)38-20-21-10-13-24(31)14-11-21)16-23(18-32)29-27(19-33)30(34)37(35-29)25-8-6-5-7-9-25/h5-17H,3-4,20,34H2,1-2H3/b23-16+. The van der Waals surface area contributed by atoms with Crippen molar-refractivity contribution >= 4 is 23.2 Å². The number of benzene rings is 3. The van der Waals surface area contributed by atoms with Crippen molar-refractivity contribution in [3.63, 3.8) is 0 Å². The number of nitrogens with zero attached hydrogens (tertiary/aromatic N) is 5. The number of allylic oxidation sites excluding steroid dienone is 1. The van der Waals surface area contributed by atoms with Crippen molar-refractivity contribution < 1.29 is 9.13 Å². The van der Waals surface area contributed by atoms with Crippen LogP contribution in [0.3, 0.4) is 0 Å². The van der Waals surface area contributed by atoms with E-state index in [1.54, 1.807) is 18.2 Å². The highest BCUT2D eigenvalue weighted by molar-refractivity contribution is 5.92. The molecule has 0 radical (unpaired) electrons. The Morgan fingerprint density at radius 1 is 1.05 bits per heavy atom. The fourth-order valence-corrected chi connectivity index (χ4v) is 4.10. The van der Waals surface area contributed by atoms with E-state index in [1.165, 1.54) is 16.8 Å². The molecule has 1 aromatic heterocycles. The molecule has 8 heteroatoms. The van der Waals surface area contributed by atoms with Gasteiger partial charge < -0.3 is 15.4 Å². The van der Waals surface area contributed by atoms with Crippen LogP contribution in [-0.4, -0.2) is 22.9 Å². The summed E-state index contributed by atoms with van der Waals surface area (Å²) in [6.07, 6.45) is 1.64. The van der Waals surface area contributed by atoms with Gasteiger partial charge >= 0.3 is 0 Å². The van der Waals surface area contributed by atoms with E-state index < -0.39 is 0 Å². The number of aromatic nitrogens is 2. The first-order chi connectivity index (χ1) is 18.5. The summed E-state index contributed by atoms with van der Waals surface area (Å²) in [5, 5.41) is 24.4. The first-order valence-electron chi connectivity index (χ1n) is 12.2. The Hall–Kier alpha value is -5.08. The molecule has 7 nitrogen and oxygen atoms in total. The van der Waals surface area contributed by atoms with Crippen molar-refractivity contribution in [1.29, 1.82) is 10.5 Å². The van der Waals surface area contributed by atoms with E-state index in [4.69, 9.17) is 10.5 Å². The molecule has 0 aliphatic rings. The molecule has 0 fully saturated rings. The maximum absolute atomic E-state index is 13.4. The topological polar surface area (TPSA) is 104 Å². The van der Waals surface area contributed by atoms with Gasteiger partial charge in [-0.1, -0.05) is 30.3 Å². The van der Waals surface area contributed by atoms with Crippen molar-refractivity contribution in [3.8, 4) is 23.6 Å². The quantitative estimate of drug-likeness (QED) is 0.281. The Morgan fingerprint density at radius 3 is 2.39 bits per heavy atom. The second-order valence-corrected chi connectivity index (χ2v) is 8.45. The molecule has 4 aromatic rings. The largest absolute Gasteiger partial charge is 0.488 e. The maximum Gasteiger partial charge on any atom is 0.145 e. The molecule has 4 rings (SSSR count). The monoisotopic (exact) mass is 506 g/mol. The highest BCUT2D eigenvalue weighted by atomic mass is 19.1. The lowest BCUT2D eigenvalue weighted by atomic mass is 10.0. The molecule has 0 aliphatic heterocycles. The number of rotatable bonds is 9. The van der Waals surface area contributed by atoms with Gasteiger partial charge in [0.05, 0.1) is 11.3 Å². The number of anilines is 2. The van der Waals surface area contributed by atoms with Gasteiger partial charge in [-0.25, -0.2) is 9.07 Å². The molecule has 0 spiro atoms. The van der Waals surface area contributed by atoms with Crippen LogP contribution in [0, 0.1) is 28.5 Å². The first kappa shape index (κ1) is 26.0. The summed E-state index contributed by atoms with van der Waals surface area (Å²) in [4.78, 5) is 2.18. The highest BCUT2D eigenvalue weighted by Crippen LogP contribution is 2.32. The van der Waals surface area contributed by atoms with Gasteiger partial charge in [0.15, 0.2) is 0 Å². The van der Waals surface area contributed by atoms with Gasteiger partial charge in [0, 0.05) is 30.4 Å². The number of hydrogen-bond acceptors (Lipinski definition) is 6. The van der Waals surface area contributed by atoms with Crippen LogP contribution in [0.4, 0.5) is 15.9 Å². The Kier molecular flexibility index (Phi) is 8.05. The lowest BCUT2D eigenvalue weighted by Crippen LogP contribution is -2.21. The Balaban J connectivity index is 1.78. The summed E-state index contributed by atoms with van der Waals surface area (Å²) in [7, 11) is 0. The Morgan fingerprint density at radius 2 is 1.76 bits per heavy atom. The van der Waals surface area contributed by atoms with Gasteiger partial charge in [-0.3, -0.25) is 0 Å². The van der Waals surface area contributed by atoms with E-state index in [1.807, 2.05) is 48.5 Å². The number of hydrogen-bond donors (Lipinski definition) is 1. The van der Waals surface area contributed by atoms with Crippen LogP contribution < -0.4 is 15.4 Å². The highest BCUT2D eigenvalue weighted by Gasteiger charge is 2.20. The lowest BCUT2D eigenvalue weighted by molar-refractivity contribution is 0.305. The summed E-state index contributed by atoms with van der Waals surface area (Å²) in [5.41, 5.74) is 9.82. The molecular formula is C30H27FN6O. The van der Waals surface area contributed by atoms with Crippen LogP contribution >= 0.6 is 0 Å². The molecule has 0 saturated carbocycles. The number of nitriles is 2. The zero-order valence-electron chi connectivity index (χ0n) is 21.2. The van der Waals surface area contributed by atoms with Gasteiger partial charge in [0.25, 0.3) is 0 Å². The molecule has 0 bridgehead atoms. The second-order valence-electron chi connectivity index (χ2n) is 8.45. The summed E-state index contributed by atoms with van der Waals surface area (Å²) < 4.78 is 21.0. The average molecular weight is 507 g/mol. The summed E-state index contributed by atoms with van der Waals surface area (Å²) in [5.74, 6) is 0.377. The number of para-hydroxylation sites is 1. The zero-order valence-corrected chi connectivity index (χ0v) is 21.2. The first-order valence-corrected chi connectivity index (χ1v) is 12.2. The van der Waals surface area contributed by atoms with Gasteiger partial charge in [0.2, 0.25) is 0 Å². The van der Waals surface area contributed by atoms with E-state index in [-0.39, 0.29) is 35.1 Å². The number of halogens is 1. The molecule has 0 amide bonds. The molecule has 1 heterocycles. The van der Waals surface area contributed by atoms with E-state index in [2.05, 4.69) is 36.0 Å². The Labute approximate surface area is 221 Å². The smallest absolute Gasteiger partial charge is 0.145 e. The van der Waals surface area contributed by atoms with Crippen LogP contribution in [0.2, 0.25) is 0 Å². The summed E-state index contributed by atoms with van der Waals surface area (Å²) in [6, 6.07) is 25.3. The van der Waals surface area contributed by atoms with Crippen LogP contribution in [0.1, 0.15) is 36.2 Å². The molecule has 190 valence electrons. The van der Waals surface area contributed by atoms with Gasteiger partial charge in [-0.05, 0) is 61.9 Å². The van der Waals surface area contributed by atoms with Gasteiger partial charge in [-0.15, -0.1) is 0 Å². The predicted octanol–water partition coefficient (Wildman–Crippen LogP) is 5.95. The van der Waals surface area contributed by atoms with Crippen LogP contribution in [0.25, 0.3) is 17.3 Å². The van der Waals surface area contributed by atoms with E-state index >= 15 is 0 Å². The molecule has 3 aromatic carbocycles.